The first kappa shape index (κ1) is 16.4. The summed E-state index contributed by atoms with van der Waals surface area (Å²) in [5.41, 5.74) is 0.196. The second-order valence-corrected chi connectivity index (χ2v) is 5.68. The summed E-state index contributed by atoms with van der Waals surface area (Å²) in [6.07, 6.45) is 2.44. The molecule has 1 N–H and O–H groups in total. The van der Waals surface area contributed by atoms with Gasteiger partial charge in [0.25, 0.3) is 0 Å². The minimum absolute atomic E-state index is 0.0288. The second-order valence-electron chi connectivity index (χ2n) is 5.68. The summed E-state index contributed by atoms with van der Waals surface area (Å²) in [5, 5.41) is 2.52. The third kappa shape index (κ3) is 3.81. The molecule has 0 aliphatic heterocycles. The van der Waals surface area contributed by atoms with E-state index in [2.05, 4.69) is 5.32 Å². The SMILES string of the molecule is CCCCN(C)C(=O)C1CC1C(=O)Nc1ccc(F)c(F)c1. The Hall–Kier alpha value is -1.98. The Labute approximate surface area is 128 Å². The summed E-state index contributed by atoms with van der Waals surface area (Å²) < 4.78 is 25.9. The highest BCUT2D eigenvalue weighted by atomic mass is 19.2. The van der Waals surface area contributed by atoms with Gasteiger partial charge in [-0.25, -0.2) is 8.78 Å². The molecule has 0 bridgehead atoms. The van der Waals surface area contributed by atoms with Crippen molar-refractivity contribution in [1.82, 2.24) is 4.90 Å². The minimum atomic E-state index is -1.01. The van der Waals surface area contributed by atoms with E-state index in [0.29, 0.717) is 13.0 Å². The van der Waals surface area contributed by atoms with Crippen LogP contribution in [0.15, 0.2) is 18.2 Å². The van der Waals surface area contributed by atoms with Crippen molar-refractivity contribution in [2.45, 2.75) is 26.2 Å². The molecular weight excluding hydrogens is 290 g/mol. The van der Waals surface area contributed by atoms with Crippen molar-refractivity contribution in [3.05, 3.63) is 29.8 Å². The molecule has 0 saturated heterocycles. The van der Waals surface area contributed by atoms with Gasteiger partial charge in [-0.15, -0.1) is 0 Å². The summed E-state index contributed by atoms with van der Waals surface area (Å²) in [6.45, 7) is 2.73. The number of carbonyl (C=O) groups excluding carboxylic acids is 2. The quantitative estimate of drug-likeness (QED) is 0.878. The molecule has 4 nitrogen and oxygen atoms in total. The molecule has 1 fully saturated rings. The van der Waals surface area contributed by atoms with Crippen LogP contribution in [0.2, 0.25) is 0 Å². The lowest BCUT2D eigenvalue weighted by Gasteiger charge is -2.16. The first-order chi connectivity index (χ1) is 10.4. The average Bonchev–Trinajstić information content (AvgIpc) is 3.28. The van der Waals surface area contributed by atoms with Gasteiger partial charge < -0.3 is 10.2 Å². The van der Waals surface area contributed by atoms with Crippen LogP contribution in [0.3, 0.4) is 0 Å². The maximum Gasteiger partial charge on any atom is 0.228 e. The standard InChI is InChI=1S/C16H20F2N2O2/c1-3-4-7-20(2)16(22)12-9-11(12)15(21)19-10-5-6-13(17)14(18)8-10/h5-6,8,11-12H,3-4,7,9H2,1-2H3,(H,19,21). The predicted molar refractivity (Wildman–Crippen MR) is 79.1 cm³/mol. The van der Waals surface area contributed by atoms with E-state index in [1.54, 1.807) is 11.9 Å². The molecule has 1 saturated carbocycles. The number of carbonyl (C=O) groups is 2. The number of unbranched alkanes of at least 4 members (excludes halogenated alkanes) is 1. The van der Waals surface area contributed by atoms with E-state index in [4.69, 9.17) is 0 Å². The van der Waals surface area contributed by atoms with E-state index >= 15 is 0 Å². The maximum absolute atomic E-state index is 13.1. The van der Waals surface area contributed by atoms with Crippen LogP contribution < -0.4 is 5.32 Å². The van der Waals surface area contributed by atoms with Crippen molar-refractivity contribution in [2.24, 2.45) is 11.8 Å². The Kier molecular flexibility index (Phi) is 5.11. The van der Waals surface area contributed by atoms with Gasteiger partial charge in [-0.1, -0.05) is 13.3 Å². The van der Waals surface area contributed by atoms with E-state index in [0.717, 1.165) is 25.0 Å². The van der Waals surface area contributed by atoms with Gasteiger partial charge in [0.05, 0.1) is 11.8 Å². The fraction of sp³-hybridized carbons (Fsp3) is 0.500. The zero-order valence-electron chi connectivity index (χ0n) is 12.7. The molecule has 2 unspecified atom stereocenters. The molecule has 1 aliphatic carbocycles. The lowest BCUT2D eigenvalue weighted by molar-refractivity contribution is -0.132. The molecule has 6 heteroatoms. The van der Waals surface area contributed by atoms with Crippen LogP contribution in [0.5, 0.6) is 0 Å². The average molecular weight is 310 g/mol. The number of rotatable bonds is 6. The summed E-state index contributed by atoms with van der Waals surface area (Å²) in [4.78, 5) is 25.8. The number of benzene rings is 1. The van der Waals surface area contributed by atoms with Crippen LogP contribution in [-0.2, 0) is 9.59 Å². The fourth-order valence-electron chi connectivity index (χ4n) is 2.36. The highest BCUT2D eigenvalue weighted by Crippen LogP contribution is 2.40. The highest BCUT2D eigenvalue weighted by Gasteiger charge is 2.48. The molecular formula is C16H20F2N2O2. The number of anilines is 1. The first-order valence-corrected chi connectivity index (χ1v) is 7.45. The molecule has 0 spiro atoms. The summed E-state index contributed by atoms with van der Waals surface area (Å²) in [6, 6.07) is 3.18. The fourth-order valence-corrected chi connectivity index (χ4v) is 2.36. The minimum Gasteiger partial charge on any atom is -0.346 e. The predicted octanol–water partition coefficient (Wildman–Crippen LogP) is 2.80. The smallest absolute Gasteiger partial charge is 0.228 e. The van der Waals surface area contributed by atoms with Crippen LogP contribution >= 0.6 is 0 Å². The molecule has 1 aliphatic rings. The number of halogens is 2. The van der Waals surface area contributed by atoms with Crippen molar-refractivity contribution < 1.29 is 18.4 Å². The molecule has 1 aromatic carbocycles. The topological polar surface area (TPSA) is 49.4 Å². The zero-order chi connectivity index (χ0) is 16.3. The molecule has 2 rings (SSSR count). The Morgan fingerprint density at radius 2 is 2.00 bits per heavy atom. The Bertz CT molecular complexity index is 577. The van der Waals surface area contributed by atoms with E-state index in [-0.39, 0.29) is 29.3 Å². The Morgan fingerprint density at radius 1 is 1.27 bits per heavy atom. The van der Waals surface area contributed by atoms with E-state index in [1.165, 1.54) is 6.07 Å². The lowest BCUT2D eigenvalue weighted by Crippen LogP contribution is -2.30. The van der Waals surface area contributed by atoms with Gasteiger partial charge in [-0.2, -0.15) is 0 Å². The van der Waals surface area contributed by atoms with Gasteiger partial charge in [-0.05, 0) is 25.0 Å². The van der Waals surface area contributed by atoms with Gasteiger partial charge in [0.15, 0.2) is 11.6 Å². The van der Waals surface area contributed by atoms with Crippen molar-refractivity contribution in [1.29, 1.82) is 0 Å². The van der Waals surface area contributed by atoms with Crippen LogP contribution in [0.1, 0.15) is 26.2 Å². The summed E-state index contributed by atoms with van der Waals surface area (Å²) in [7, 11) is 1.74. The molecule has 1 aromatic rings. The summed E-state index contributed by atoms with van der Waals surface area (Å²) >= 11 is 0. The number of hydrogen-bond acceptors (Lipinski definition) is 2. The van der Waals surface area contributed by atoms with Crippen LogP contribution in [-0.4, -0.2) is 30.3 Å². The molecule has 2 atom stereocenters. The number of nitrogens with zero attached hydrogens (tertiary/aromatic N) is 1. The Morgan fingerprint density at radius 3 is 2.64 bits per heavy atom. The summed E-state index contributed by atoms with van der Waals surface area (Å²) in [5.74, 6) is -3.01. The lowest BCUT2D eigenvalue weighted by atomic mass is 10.2. The van der Waals surface area contributed by atoms with E-state index in [1.807, 2.05) is 6.92 Å². The Balaban J connectivity index is 1.87. The van der Waals surface area contributed by atoms with Crippen LogP contribution in [0.25, 0.3) is 0 Å². The maximum atomic E-state index is 13.1. The monoisotopic (exact) mass is 310 g/mol. The third-order valence-corrected chi connectivity index (χ3v) is 3.85. The van der Waals surface area contributed by atoms with Gasteiger partial charge in [0.2, 0.25) is 11.8 Å². The first-order valence-electron chi connectivity index (χ1n) is 7.45. The number of nitrogens with one attached hydrogen (secondary N) is 1. The zero-order valence-corrected chi connectivity index (χ0v) is 12.7. The molecule has 0 radical (unpaired) electrons. The molecule has 22 heavy (non-hydrogen) atoms. The molecule has 2 amide bonds. The van der Waals surface area contributed by atoms with Crippen molar-refractivity contribution in [3.8, 4) is 0 Å². The van der Waals surface area contributed by atoms with Gasteiger partial charge >= 0.3 is 0 Å². The van der Waals surface area contributed by atoms with Gasteiger partial charge in [0, 0.05) is 25.3 Å². The largest absolute Gasteiger partial charge is 0.346 e. The van der Waals surface area contributed by atoms with Crippen LogP contribution in [0, 0.1) is 23.5 Å². The van der Waals surface area contributed by atoms with E-state index < -0.39 is 11.6 Å². The van der Waals surface area contributed by atoms with Crippen molar-refractivity contribution in [3.63, 3.8) is 0 Å². The van der Waals surface area contributed by atoms with Gasteiger partial charge in [-0.3, -0.25) is 9.59 Å². The van der Waals surface area contributed by atoms with Crippen LogP contribution in [0.4, 0.5) is 14.5 Å². The number of amides is 2. The number of hydrogen-bond donors (Lipinski definition) is 1. The normalized spacial score (nSPS) is 19.6. The van der Waals surface area contributed by atoms with Crippen molar-refractivity contribution in [2.75, 3.05) is 18.9 Å². The second kappa shape index (κ2) is 6.85. The van der Waals surface area contributed by atoms with Gasteiger partial charge in [0.1, 0.15) is 0 Å². The molecule has 120 valence electrons. The van der Waals surface area contributed by atoms with E-state index in [9.17, 15) is 18.4 Å². The molecule has 0 heterocycles. The third-order valence-electron chi connectivity index (χ3n) is 3.85. The molecule has 0 aromatic heterocycles. The highest BCUT2D eigenvalue weighted by molar-refractivity contribution is 5.99. The van der Waals surface area contributed by atoms with Crippen molar-refractivity contribution >= 4 is 17.5 Å².